The standard InChI is InChI=1S/C30H42FN3O3/c1-17(4-9-28(35)36)21-7-8-22-20-6-5-18-14-19(10-12-29(18,2)23(20)11-13-30(21,22)3)32-25-16-27-26(15-24(25)31)33-37-34-27/h15-23,32H,4-14H2,1-3H3,(H,35,36)/t17-,18-,19?,20+,21?,22+,23+,29+,30-/m1/s1. The quantitative estimate of drug-likeness (QED) is 0.423. The number of rotatable bonds is 6. The molecule has 0 spiro atoms. The molecule has 202 valence electrons. The smallest absolute Gasteiger partial charge is 0.303 e. The van der Waals surface area contributed by atoms with Crippen LogP contribution in [0.1, 0.15) is 91.4 Å². The number of aromatic nitrogens is 2. The number of nitrogens with zero attached hydrogens (tertiary/aromatic N) is 2. The van der Waals surface area contributed by atoms with Crippen molar-refractivity contribution in [3.8, 4) is 0 Å². The number of aliphatic carboxylic acids is 1. The van der Waals surface area contributed by atoms with Crippen molar-refractivity contribution in [2.45, 2.75) is 97.4 Å². The molecule has 6 nitrogen and oxygen atoms in total. The summed E-state index contributed by atoms with van der Waals surface area (Å²) in [4.78, 5) is 11.2. The van der Waals surface area contributed by atoms with Gasteiger partial charge >= 0.3 is 5.97 Å². The summed E-state index contributed by atoms with van der Waals surface area (Å²) in [6.45, 7) is 7.43. The molecule has 2 N–H and O–H groups in total. The van der Waals surface area contributed by atoms with Gasteiger partial charge in [0.25, 0.3) is 0 Å². The number of carbonyl (C=O) groups is 1. The molecule has 0 bridgehead atoms. The first-order valence-corrected chi connectivity index (χ1v) is 14.6. The summed E-state index contributed by atoms with van der Waals surface area (Å²) in [6, 6.07) is 3.41. The van der Waals surface area contributed by atoms with Crippen molar-refractivity contribution in [1.29, 1.82) is 0 Å². The van der Waals surface area contributed by atoms with Gasteiger partial charge in [-0.05, 0) is 127 Å². The van der Waals surface area contributed by atoms with Gasteiger partial charge in [-0.15, -0.1) is 0 Å². The number of carboxylic acid groups (broad SMARTS) is 1. The number of hydrogen-bond donors (Lipinski definition) is 2. The minimum absolute atomic E-state index is 0.279. The molecule has 0 radical (unpaired) electrons. The molecule has 1 aromatic heterocycles. The molecule has 0 saturated heterocycles. The molecule has 0 aliphatic heterocycles. The van der Waals surface area contributed by atoms with E-state index < -0.39 is 5.97 Å². The van der Waals surface area contributed by atoms with E-state index in [1.165, 1.54) is 51.0 Å². The second-order valence-corrected chi connectivity index (χ2v) is 13.5. The molecular formula is C30H42FN3O3. The molecule has 37 heavy (non-hydrogen) atoms. The Morgan fingerprint density at radius 2 is 1.81 bits per heavy atom. The predicted molar refractivity (Wildman–Crippen MR) is 140 cm³/mol. The van der Waals surface area contributed by atoms with Crippen LogP contribution in [0.5, 0.6) is 0 Å². The zero-order valence-electron chi connectivity index (χ0n) is 22.5. The molecule has 2 unspecified atom stereocenters. The van der Waals surface area contributed by atoms with Crippen LogP contribution >= 0.6 is 0 Å². The summed E-state index contributed by atoms with van der Waals surface area (Å²) < 4.78 is 19.5. The molecule has 4 saturated carbocycles. The van der Waals surface area contributed by atoms with Gasteiger partial charge in [-0.1, -0.05) is 20.8 Å². The fourth-order valence-electron chi connectivity index (χ4n) is 10.1. The maximum Gasteiger partial charge on any atom is 0.303 e. The first-order chi connectivity index (χ1) is 17.7. The van der Waals surface area contributed by atoms with Gasteiger partial charge in [-0.2, -0.15) is 0 Å². The Morgan fingerprint density at radius 1 is 1.08 bits per heavy atom. The Labute approximate surface area is 219 Å². The molecule has 4 fully saturated rings. The molecule has 4 aliphatic carbocycles. The molecule has 2 aromatic rings. The molecule has 4 aliphatic rings. The zero-order chi connectivity index (χ0) is 25.9. The Hall–Kier alpha value is -2.18. The van der Waals surface area contributed by atoms with Gasteiger partial charge in [0.15, 0.2) is 0 Å². The second-order valence-electron chi connectivity index (χ2n) is 13.5. The average molecular weight is 512 g/mol. The summed E-state index contributed by atoms with van der Waals surface area (Å²) in [5.41, 5.74) is 2.28. The van der Waals surface area contributed by atoms with Crippen molar-refractivity contribution in [3.63, 3.8) is 0 Å². The van der Waals surface area contributed by atoms with Crippen molar-refractivity contribution in [3.05, 3.63) is 17.9 Å². The van der Waals surface area contributed by atoms with Crippen LogP contribution in [0, 0.1) is 52.2 Å². The highest BCUT2D eigenvalue weighted by molar-refractivity contribution is 5.78. The largest absolute Gasteiger partial charge is 0.481 e. The van der Waals surface area contributed by atoms with E-state index in [0.717, 1.165) is 37.0 Å². The van der Waals surface area contributed by atoms with Gasteiger partial charge in [0, 0.05) is 18.5 Å². The van der Waals surface area contributed by atoms with E-state index in [1.54, 1.807) is 6.07 Å². The number of nitrogens with one attached hydrogen (secondary N) is 1. The summed E-state index contributed by atoms with van der Waals surface area (Å²) in [5.74, 6) is 3.25. The minimum Gasteiger partial charge on any atom is -0.481 e. The SMILES string of the molecule is C[C@H](CCC(=O)O)C1CC[C@H]2[C@@H]3CC[C@@H]4CC(Nc5cc6nonc6cc5F)CC[C@]4(C)[C@H]3CC[C@]12C. The molecule has 7 heteroatoms. The van der Waals surface area contributed by atoms with Gasteiger partial charge in [0.2, 0.25) is 0 Å². The highest BCUT2D eigenvalue weighted by atomic mass is 19.1. The van der Waals surface area contributed by atoms with Crippen LogP contribution in [0.4, 0.5) is 10.1 Å². The van der Waals surface area contributed by atoms with Crippen LogP contribution in [-0.4, -0.2) is 27.4 Å². The highest BCUT2D eigenvalue weighted by Crippen LogP contribution is 2.68. The third-order valence-corrected chi connectivity index (χ3v) is 11.9. The van der Waals surface area contributed by atoms with E-state index in [9.17, 15) is 14.3 Å². The van der Waals surface area contributed by atoms with Crippen LogP contribution in [0.3, 0.4) is 0 Å². The van der Waals surface area contributed by atoms with Crippen LogP contribution in [0.15, 0.2) is 16.8 Å². The van der Waals surface area contributed by atoms with Gasteiger partial charge in [-0.3, -0.25) is 4.79 Å². The van der Waals surface area contributed by atoms with Gasteiger partial charge in [0.1, 0.15) is 16.9 Å². The lowest BCUT2D eigenvalue weighted by molar-refractivity contribution is -0.137. The van der Waals surface area contributed by atoms with Crippen LogP contribution in [0.25, 0.3) is 11.0 Å². The number of halogens is 1. The zero-order valence-corrected chi connectivity index (χ0v) is 22.5. The first kappa shape index (κ1) is 25.1. The van der Waals surface area contributed by atoms with Crippen LogP contribution < -0.4 is 5.32 Å². The summed E-state index contributed by atoms with van der Waals surface area (Å²) >= 11 is 0. The topological polar surface area (TPSA) is 88.2 Å². The fourth-order valence-corrected chi connectivity index (χ4v) is 10.1. The lowest BCUT2D eigenvalue weighted by Crippen LogP contribution is -2.54. The Balaban J connectivity index is 1.14. The second kappa shape index (κ2) is 9.23. The maximum absolute atomic E-state index is 14.7. The lowest BCUT2D eigenvalue weighted by Gasteiger charge is -2.61. The van der Waals surface area contributed by atoms with Crippen molar-refractivity contribution in [2.75, 3.05) is 5.32 Å². The molecular weight excluding hydrogens is 469 g/mol. The van der Waals surface area contributed by atoms with E-state index in [4.69, 9.17) is 4.63 Å². The molecule has 9 atom stereocenters. The number of carboxylic acids is 1. The van der Waals surface area contributed by atoms with Crippen molar-refractivity contribution < 1.29 is 18.9 Å². The predicted octanol–water partition coefficient (Wildman–Crippen LogP) is 7.30. The van der Waals surface area contributed by atoms with Crippen molar-refractivity contribution in [1.82, 2.24) is 10.3 Å². The molecule has 1 aromatic carbocycles. The van der Waals surface area contributed by atoms with E-state index in [2.05, 4.69) is 36.4 Å². The van der Waals surface area contributed by atoms with Crippen LogP contribution in [-0.2, 0) is 4.79 Å². The Kier molecular flexibility index (Phi) is 6.27. The summed E-state index contributed by atoms with van der Waals surface area (Å²) in [7, 11) is 0. The van der Waals surface area contributed by atoms with E-state index in [1.807, 2.05) is 0 Å². The van der Waals surface area contributed by atoms with Crippen molar-refractivity contribution in [2.24, 2.45) is 46.3 Å². The molecule has 0 amide bonds. The molecule has 6 rings (SSSR count). The normalized spacial score (nSPS) is 40.0. The number of benzene rings is 1. The average Bonchev–Trinajstić information content (AvgIpc) is 3.46. The van der Waals surface area contributed by atoms with Crippen molar-refractivity contribution >= 4 is 22.7 Å². The summed E-state index contributed by atoms with van der Waals surface area (Å²) in [5, 5.41) is 20.4. The number of fused-ring (bicyclic) bond motifs is 6. The van der Waals surface area contributed by atoms with E-state index >= 15 is 0 Å². The Morgan fingerprint density at radius 3 is 2.59 bits per heavy atom. The monoisotopic (exact) mass is 511 g/mol. The maximum atomic E-state index is 14.7. The van der Waals surface area contributed by atoms with E-state index in [-0.39, 0.29) is 11.9 Å². The Bertz CT molecular complexity index is 1170. The molecule has 1 heterocycles. The summed E-state index contributed by atoms with van der Waals surface area (Å²) in [6.07, 6.45) is 12.3. The first-order valence-electron chi connectivity index (χ1n) is 14.6. The fraction of sp³-hybridized carbons (Fsp3) is 0.767. The van der Waals surface area contributed by atoms with E-state index in [0.29, 0.717) is 51.7 Å². The van der Waals surface area contributed by atoms with Gasteiger partial charge in [-0.25, -0.2) is 9.02 Å². The lowest BCUT2D eigenvalue weighted by atomic mass is 9.44. The third-order valence-electron chi connectivity index (χ3n) is 11.9. The third kappa shape index (κ3) is 4.15. The number of hydrogen-bond acceptors (Lipinski definition) is 5. The minimum atomic E-state index is -0.662. The van der Waals surface area contributed by atoms with Crippen LogP contribution in [0.2, 0.25) is 0 Å². The number of anilines is 1. The van der Waals surface area contributed by atoms with Gasteiger partial charge < -0.3 is 10.4 Å². The van der Waals surface area contributed by atoms with Gasteiger partial charge in [0.05, 0.1) is 5.69 Å². The highest BCUT2D eigenvalue weighted by Gasteiger charge is 2.60.